The van der Waals surface area contributed by atoms with E-state index in [1.54, 1.807) is 12.5 Å². The van der Waals surface area contributed by atoms with Gasteiger partial charge in [-0.1, -0.05) is 17.8 Å². The lowest BCUT2D eigenvalue weighted by Gasteiger charge is -2.35. The zero-order valence-corrected chi connectivity index (χ0v) is 16.5. The zero-order chi connectivity index (χ0) is 19.3. The van der Waals surface area contributed by atoms with E-state index in [4.69, 9.17) is 4.42 Å². The molecule has 3 aromatic heterocycles. The monoisotopic (exact) mass is 398 g/mol. The Kier molecular flexibility index (Phi) is 5.61. The number of pyridine rings is 1. The van der Waals surface area contributed by atoms with Crippen molar-refractivity contribution in [2.45, 2.75) is 18.6 Å². The number of furan rings is 1. The van der Waals surface area contributed by atoms with Crippen LogP contribution in [0.3, 0.4) is 0 Å². The second-order valence-electron chi connectivity index (χ2n) is 6.37. The number of hydrogen-bond donors (Lipinski definition) is 0. The summed E-state index contributed by atoms with van der Waals surface area (Å²) < 4.78 is 7.39. The Labute approximate surface area is 167 Å². The molecule has 1 amide bonds. The van der Waals surface area contributed by atoms with Gasteiger partial charge in [0.15, 0.2) is 16.7 Å². The maximum atomic E-state index is 12.6. The normalized spacial score (nSPS) is 14.5. The molecule has 4 rings (SSSR count). The summed E-state index contributed by atoms with van der Waals surface area (Å²) in [6, 6.07) is 9.58. The van der Waals surface area contributed by atoms with Gasteiger partial charge < -0.3 is 14.2 Å². The quantitative estimate of drug-likeness (QED) is 0.590. The molecule has 1 saturated heterocycles. The van der Waals surface area contributed by atoms with E-state index in [0.29, 0.717) is 37.0 Å². The highest BCUT2D eigenvalue weighted by Crippen LogP contribution is 2.24. The van der Waals surface area contributed by atoms with Gasteiger partial charge in [-0.05, 0) is 31.2 Å². The first kappa shape index (κ1) is 18.5. The smallest absolute Gasteiger partial charge is 0.233 e. The molecule has 1 aliphatic rings. The van der Waals surface area contributed by atoms with Crippen molar-refractivity contribution in [2.24, 2.45) is 0 Å². The maximum absolute atomic E-state index is 12.6. The van der Waals surface area contributed by atoms with Gasteiger partial charge in [0.25, 0.3) is 0 Å². The van der Waals surface area contributed by atoms with E-state index < -0.39 is 0 Å². The SMILES string of the molecule is CCn1c(SCC(=O)N2CCN(c3ccccn3)CC2)nnc1-c1ccco1. The van der Waals surface area contributed by atoms with Gasteiger partial charge in [0.1, 0.15) is 5.82 Å². The molecule has 9 heteroatoms. The van der Waals surface area contributed by atoms with Crippen LogP contribution in [0.5, 0.6) is 0 Å². The number of rotatable bonds is 6. The van der Waals surface area contributed by atoms with Crippen LogP contribution in [0.2, 0.25) is 0 Å². The summed E-state index contributed by atoms with van der Waals surface area (Å²) in [6.07, 6.45) is 3.41. The number of hydrogen-bond acceptors (Lipinski definition) is 7. The Hall–Kier alpha value is -2.81. The van der Waals surface area contributed by atoms with E-state index in [1.165, 1.54) is 11.8 Å². The predicted molar refractivity (Wildman–Crippen MR) is 107 cm³/mol. The molecular weight excluding hydrogens is 376 g/mol. The van der Waals surface area contributed by atoms with Crippen molar-refractivity contribution in [1.82, 2.24) is 24.6 Å². The lowest BCUT2D eigenvalue weighted by molar-refractivity contribution is -0.128. The third-order valence-corrected chi connectivity index (χ3v) is 5.66. The lowest BCUT2D eigenvalue weighted by Crippen LogP contribution is -2.49. The minimum absolute atomic E-state index is 0.121. The van der Waals surface area contributed by atoms with Crippen molar-refractivity contribution in [3.8, 4) is 11.6 Å². The van der Waals surface area contributed by atoms with Crippen molar-refractivity contribution >= 4 is 23.5 Å². The van der Waals surface area contributed by atoms with Crippen LogP contribution in [0.1, 0.15) is 6.92 Å². The van der Waals surface area contributed by atoms with E-state index in [0.717, 1.165) is 24.1 Å². The van der Waals surface area contributed by atoms with Crippen LogP contribution in [0.25, 0.3) is 11.6 Å². The number of anilines is 1. The van der Waals surface area contributed by atoms with Crippen molar-refractivity contribution in [2.75, 3.05) is 36.8 Å². The molecule has 146 valence electrons. The lowest BCUT2D eigenvalue weighted by atomic mass is 10.3. The minimum atomic E-state index is 0.121. The third kappa shape index (κ3) is 3.89. The van der Waals surface area contributed by atoms with Crippen LogP contribution < -0.4 is 4.90 Å². The maximum Gasteiger partial charge on any atom is 0.233 e. The van der Waals surface area contributed by atoms with Crippen molar-refractivity contribution < 1.29 is 9.21 Å². The molecule has 1 aliphatic heterocycles. The molecule has 1 fully saturated rings. The van der Waals surface area contributed by atoms with Crippen LogP contribution in [0.4, 0.5) is 5.82 Å². The number of amides is 1. The number of nitrogens with zero attached hydrogens (tertiary/aromatic N) is 6. The summed E-state index contributed by atoms with van der Waals surface area (Å²) in [5.74, 6) is 2.80. The molecule has 8 nitrogen and oxygen atoms in total. The molecule has 0 spiro atoms. The van der Waals surface area contributed by atoms with E-state index >= 15 is 0 Å². The van der Waals surface area contributed by atoms with Crippen LogP contribution in [0, 0.1) is 0 Å². The second-order valence-corrected chi connectivity index (χ2v) is 7.31. The molecule has 28 heavy (non-hydrogen) atoms. The Morgan fingerprint density at radius 3 is 2.68 bits per heavy atom. The van der Waals surface area contributed by atoms with E-state index in [9.17, 15) is 4.79 Å². The summed E-state index contributed by atoms with van der Waals surface area (Å²) in [7, 11) is 0. The Balaban J connectivity index is 1.33. The number of carbonyl (C=O) groups excluding carboxylic acids is 1. The largest absolute Gasteiger partial charge is 0.461 e. The molecule has 0 unspecified atom stereocenters. The van der Waals surface area contributed by atoms with Gasteiger partial charge in [0.05, 0.1) is 12.0 Å². The van der Waals surface area contributed by atoms with Gasteiger partial charge >= 0.3 is 0 Å². The van der Waals surface area contributed by atoms with Crippen LogP contribution in [0.15, 0.2) is 52.4 Å². The molecule has 0 atom stereocenters. The van der Waals surface area contributed by atoms with Crippen LogP contribution in [-0.2, 0) is 11.3 Å². The summed E-state index contributed by atoms with van der Waals surface area (Å²) in [5, 5.41) is 9.19. The average Bonchev–Trinajstić information content (AvgIpc) is 3.42. The topological polar surface area (TPSA) is 80.3 Å². The molecule has 0 saturated carbocycles. The van der Waals surface area contributed by atoms with Crippen LogP contribution >= 0.6 is 11.8 Å². The first-order valence-electron chi connectivity index (χ1n) is 9.30. The Morgan fingerprint density at radius 2 is 2.00 bits per heavy atom. The van der Waals surface area contributed by atoms with Crippen molar-refractivity contribution in [1.29, 1.82) is 0 Å². The fourth-order valence-electron chi connectivity index (χ4n) is 3.21. The fraction of sp³-hybridized carbons (Fsp3) is 0.368. The second kappa shape index (κ2) is 8.47. The highest BCUT2D eigenvalue weighted by molar-refractivity contribution is 7.99. The summed E-state index contributed by atoms with van der Waals surface area (Å²) in [6.45, 7) is 5.73. The van der Waals surface area contributed by atoms with E-state index in [2.05, 4.69) is 20.1 Å². The van der Waals surface area contributed by atoms with Gasteiger partial charge in [-0.2, -0.15) is 0 Å². The minimum Gasteiger partial charge on any atom is -0.461 e. The van der Waals surface area contributed by atoms with Crippen molar-refractivity contribution in [3.05, 3.63) is 42.8 Å². The van der Waals surface area contributed by atoms with E-state index in [-0.39, 0.29) is 5.91 Å². The number of aromatic nitrogens is 4. The highest BCUT2D eigenvalue weighted by atomic mass is 32.2. The fourth-order valence-corrected chi connectivity index (χ4v) is 4.12. The first-order chi connectivity index (χ1) is 13.8. The third-order valence-electron chi connectivity index (χ3n) is 4.71. The van der Waals surface area contributed by atoms with Gasteiger partial charge in [-0.15, -0.1) is 10.2 Å². The molecule has 4 heterocycles. The molecule has 0 bridgehead atoms. The number of piperazine rings is 1. The number of thioether (sulfide) groups is 1. The van der Waals surface area contributed by atoms with Gasteiger partial charge in [0.2, 0.25) is 5.91 Å². The zero-order valence-electron chi connectivity index (χ0n) is 15.7. The van der Waals surface area contributed by atoms with Gasteiger partial charge in [0, 0.05) is 38.9 Å². The predicted octanol–water partition coefficient (Wildman–Crippen LogP) is 2.39. The molecule has 0 aromatic carbocycles. The summed E-state index contributed by atoms with van der Waals surface area (Å²) >= 11 is 1.42. The van der Waals surface area contributed by atoms with Gasteiger partial charge in [-0.25, -0.2) is 4.98 Å². The molecular formula is C19H22N6O2S. The molecule has 0 radical (unpaired) electrons. The standard InChI is InChI=1S/C19H22N6O2S/c1-2-25-18(15-6-5-13-27-15)21-22-19(25)28-14-17(26)24-11-9-23(10-12-24)16-7-3-4-8-20-16/h3-8,13H,2,9-12,14H2,1H3. The van der Waals surface area contributed by atoms with E-state index in [1.807, 2.05) is 46.7 Å². The van der Waals surface area contributed by atoms with Crippen molar-refractivity contribution in [3.63, 3.8) is 0 Å². The molecule has 0 N–H and O–H groups in total. The molecule has 3 aromatic rings. The number of carbonyl (C=O) groups is 1. The average molecular weight is 398 g/mol. The Bertz CT molecular complexity index is 904. The summed E-state index contributed by atoms with van der Waals surface area (Å²) in [4.78, 5) is 21.1. The molecule has 0 aliphatic carbocycles. The summed E-state index contributed by atoms with van der Waals surface area (Å²) in [5.41, 5.74) is 0. The van der Waals surface area contributed by atoms with Gasteiger partial charge in [-0.3, -0.25) is 9.36 Å². The Morgan fingerprint density at radius 1 is 1.14 bits per heavy atom. The van der Waals surface area contributed by atoms with Crippen LogP contribution in [-0.4, -0.2) is 62.5 Å². The first-order valence-corrected chi connectivity index (χ1v) is 10.3. The highest BCUT2D eigenvalue weighted by Gasteiger charge is 2.23.